The van der Waals surface area contributed by atoms with E-state index in [0.29, 0.717) is 54.1 Å². The third kappa shape index (κ3) is 5.76. The van der Waals surface area contributed by atoms with Gasteiger partial charge in [0.05, 0.1) is 43.0 Å². The Hall–Kier alpha value is -3.08. The van der Waals surface area contributed by atoms with Crippen LogP contribution < -0.4 is 9.47 Å². The molecule has 2 saturated heterocycles. The molecular formula is C27H31BrN2O7. The molecule has 4 rings (SSSR count). The van der Waals surface area contributed by atoms with Gasteiger partial charge in [-0.3, -0.25) is 14.5 Å². The van der Waals surface area contributed by atoms with Crippen LogP contribution in [0.2, 0.25) is 0 Å². The Bertz CT molecular complexity index is 1190. The number of ketones is 1. The van der Waals surface area contributed by atoms with Crippen LogP contribution in [-0.4, -0.2) is 84.8 Å². The number of hydrogen-bond acceptors (Lipinski definition) is 8. The van der Waals surface area contributed by atoms with Gasteiger partial charge in [0.2, 0.25) is 0 Å². The second-order valence-electron chi connectivity index (χ2n) is 8.81. The van der Waals surface area contributed by atoms with Gasteiger partial charge in [-0.15, -0.1) is 0 Å². The summed E-state index contributed by atoms with van der Waals surface area (Å²) in [4.78, 5) is 30.4. The molecule has 0 bridgehead atoms. The summed E-state index contributed by atoms with van der Waals surface area (Å²) in [6.45, 7) is 6.34. The normalized spacial score (nSPS) is 19.9. The minimum Gasteiger partial charge on any atom is -0.507 e. The standard InChI is InChI=1S/C27H31BrN2O7/c1-3-37-19-7-4-6-17(14-19)24(31)22-23(18-15-20(28)25(32)21(16-18)35-2)30(27(34)26(22)33)9-5-8-29-10-12-36-13-11-29/h4,6-7,14-16,23,31-32H,3,5,8-13H2,1-2H3. The molecule has 2 aliphatic heterocycles. The molecule has 2 fully saturated rings. The number of carbonyl (C=O) groups excluding carboxylic acids is 2. The summed E-state index contributed by atoms with van der Waals surface area (Å²) in [6.07, 6.45) is 0.639. The van der Waals surface area contributed by atoms with Crippen molar-refractivity contribution in [2.75, 3.05) is 53.1 Å². The van der Waals surface area contributed by atoms with Crippen LogP contribution in [0.3, 0.4) is 0 Å². The zero-order valence-electron chi connectivity index (χ0n) is 20.9. The third-order valence-corrected chi connectivity index (χ3v) is 7.13. The van der Waals surface area contributed by atoms with Crippen molar-refractivity contribution in [2.24, 2.45) is 0 Å². The van der Waals surface area contributed by atoms with E-state index in [2.05, 4.69) is 20.8 Å². The number of methoxy groups -OCH3 is 1. The number of Topliss-reactive ketones (excluding diaryl/α,β-unsaturated/α-hetero) is 1. The number of ether oxygens (including phenoxy) is 3. The van der Waals surface area contributed by atoms with E-state index in [1.54, 1.807) is 36.4 Å². The predicted molar refractivity (Wildman–Crippen MR) is 141 cm³/mol. The molecule has 2 aliphatic rings. The van der Waals surface area contributed by atoms with Crippen LogP contribution in [0.1, 0.15) is 30.5 Å². The number of nitrogens with zero attached hydrogens (tertiary/aromatic N) is 2. The van der Waals surface area contributed by atoms with Crippen molar-refractivity contribution in [1.82, 2.24) is 9.80 Å². The van der Waals surface area contributed by atoms with E-state index in [4.69, 9.17) is 14.2 Å². The number of aliphatic hydroxyl groups excluding tert-OH is 1. The molecule has 2 N–H and O–H groups in total. The topological polar surface area (TPSA) is 109 Å². The van der Waals surface area contributed by atoms with Gasteiger partial charge < -0.3 is 29.3 Å². The number of benzene rings is 2. The number of aliphatic hydroxyl groups is 1. The van der Waals surface area contributed by atoms with Crippen LogP contribution in [0.15, 0.2) is 46.4 Å². The van der Waals surface area contributed by atoms with Crippen molar-refractivity contribution in [1.29, 1.82) is 0 Å². The highest BCUT2D eigenvalue weighted by atomic mass is 79.9. The Morgan fingerprint density at radius 2 is 1.92 bits per heavy atom. The van der Waals surface area contributed by atoms with Gasteiger partial charge in [-0.05, 0) is 59.1 Å². The molecule has 1 atom stereocenters. The summed E-state index contributed by atoms with van der Waals surface area (Å²) in [5, 5.41) is 21.7. The molecule has 2 aromatic carbocycles. The van der Waals surface area contributed by atoms with Gasteiger partial charge in [-0.1, -0.05) is 12.1 Å². The summed E-state index contributed by atoms with van der Waals surface area (Å²) >= 11 is 3.34. The van der Waals surface area contributed by atoms with Crippen LogP contribution in [0.5, 0.6) is 17.2 Å². The van der Waals surface area contributed by atoms with E-state index < -0.39 is 17.7 Å². The molecule has 37 heavy (non-hydrogen) atoms. The summed E-state index contributed by atoms with van der Waals surface area (Å²) in [5.74, 6) is -1.11. The smallest absolute Gasteiger partial charge is 0.295 e. The van der Waals surface area contributed by atoms with Gasteiger partial charge in [0.15, 0.2) is 11.5 Å². The summed E-state index contributed by atoms with van der Waals surface area (Å²) in [5.41, 5.74) is 0.867. The first-order valence-electron chi connectivity index (χ1n) is 12.2. The van der Waals surface area contributed by atoms with Crippen molar-refractivity contribution in [3.63, 3.8) is 0 Å². The lowest BCUT2D eigenvalue weighted by molar-refractivity contribution is -0.140. The molecule has 0 spiro atoms. The van der Waals surface area contributed by atoms with Gasteiger partial charge in [0, 0.05) is 31.7 Å². The Kier molecular flexibility index (Phi) is 8.73. The average molecular weight is 575 g/mol. The van der Waals surface area contributed by atoms with E-state index in [1.165, 1.54) is 12.0 Å². The Balaban J connectivity index is 1.75. The quantitative estimate of drug-likeness (QED) is 0.265. The molecule has 9 nitrogen and oxygen atoms in total. The second kappa shape index (κ2) is 12.0. The molecular weight excluding hydrogens is 544 g/mol. The molecule has 198 valence electrons. The van der Waals surface area contributed by atoms with E-state index in [0.717, 1.165) is 19.6 Å². The molecule has 2 heterocycles. The number of carbonyl (C=O) groups is 2. The molecule has 0 aliphatic carbocycles. The maximum atomic E-state index is 13.3. The van der Waals surface area contributed by atoms with Crippen molar-refractivity contribution < 1.29 is 34.0 Å². The van der Waals surface area contributed by atoms with Crippen molar-refractivity contribution in [3.05, 3.63) is 57.6 Å². The Morgan fingerprint density at radius 1 is 1.16 bits per heavy atom. The molecule has 1 amide bonds. The molecule has 0 radical (unpaired) electrons. The number of phenolic OH excluding ortho intramolecular Hbond substituents is 1. The number of hydrogen-bond donors (Lipinski definition) is 2. The molecule has 10 heteroatoms. The first-order valence-corrected chi connectivity index (χ1v) is 13.0. The van der Waals surface area contributed by atoms with E-state index in [1.807, 2.05) is 6.92 Å². The Labute approximate surface area is 224 Å². The fraction of sp³-hybridized carbons (Fsp3) is 0.407. The van der Waals surface area contributed by atoms with Gasteiger partial charge >= 0.3 is 0 Å². The molecule has 2 aromatic rings. The van der Waals surface area contributed by atoms with Crippen LogP contribution >= 0.6 is 15.9 Å². The monoisotopic (exact) mass is 574 g/mol. The number of halogens is 1. The van der Waals surface area contributed by atoms with Gasteiger partial charge in [-0.25, -0.2) is 0 Å². The number of morpholine rings is 1. The number of likely N-dealkylation sites (tertiary alicyclic amines) is 1. The summed E-state index contributed by atoms with van der Waals surface area (Å²) < 4.78 is 16.6. The van der Waals surface area contributed by atoms with Crippen LogP contribution in [0.4, 0.5) is 0 Å². The van der Waals surface area contributed by atoms with Gasteiger partial charge in [-0.2, -0.15) is 0 Å². The number of amides is 1. The van der Waals surface area contributed by atoms with Crippen LogP contribution in [-0.2, 0) is 14.3 Å². The molecule has 0 aromatic heterocycles. The lowest BCUT2D eigenvalue weighted by Gasteiger charge is -2.29. The zero-order chi connectivity index (χ0) is 26.5. The first kappa shape index (κ1) is 27.0. The summed E-state index contributed by atoms with van der Waals surface area (Å²) in [7, 11) is 1.42. The minimum atomic E-state index is -0.869. The van der Waals surface area contributed by atoms with E-state index in [9.17, 15) is 19.8 Å². The van der Waals surface area contributed by atoms with Crippen molar-refractivity contribution in [2.45, 2.75) is 19.4 Å². The lowest BCUT2D eigenvalue weighted by atomic mass is 9.95. The van der Waals surface area contributed by atoms with E-state index >= 15 is 0 Å². The minimum absolute atomic E-state index is 0.0235. The number of aromatic hydroxyl groups is 1. The lowest BCUT2D eigenvalue weighted by Crippen LogP contribution is -2.39. The highest BCUT2D eigenvalue weighted by Crippen LogP contribution is 2.44. The summed E-state index contributed by atoms with van der Waals surface area (Å²) in [6, 6.07) is 9.11. The predicted octanol–water partition coefficient (Wildman–Crippen LogP) is 3.71. The fourth-order valence-electron chi connectivity index (χ4n) is 4.71. The largest absolute Gasteiger partial charge is 0.507 e. The molecule has 0 saturated carbocycles. The van der Waals surface area contributed by atoms with Crippen molar-refractivity contribution >= 4 is 33.4 Å². The van der Waals surface area contributed by atoms with Crippen LogP contribution in [0.25, 0.3) is 5.76 Å². The SMILES string of the molecule is CCOc1cccc(C(O)=C2C(=O)C(=O)N(CCCN3CCOCC3)C2c2cc(Br)c(O)c(OC)c2)c1. The number of phenols is 1. The highest BCUT2D eigenvalue weighted by molar-refractivity contribution is 9.10. The number of rotatable bonds is 9. The maximum Gasteiger partial charge on any atom is 0.295 e. The van der Waals surface area contributed by atoms with Gasteiger partial charge in [0.25, 0.3) is 11.7 Å². The Morgan fingerprint density at radius 3 is 2.62 bits per heavy atom. The fourth-order valence-corrected chi connectivity index (χ4v) is 5.17. The van der Waals surface area contributed by atoms with Crippen LogP contribution in [0, 0.1) is 0 Å². The zero-order valence-corrected chi connectivity index (χ0v) is 22.5. The van der Waals surface area contributed by atoms with Gasteiger partial charge in [0.1, 0.15) is 11.5 Å². The first-order chi connectivity index (χ1) is 17.8. The third-order valence-electron chi connectivity index (χ3n) is 6.52. The molecule has 1 unspecified atom stereocenters. The highest BCUT2D eigenvalue weighted by Gasteiger charge is 2.46. The van der Waals surface area contributed by atoms with Crippen molar-refractivity contribution in [3.8, 4) is 17.2 Å². The van der Waals surface area contributed by atoms with E-state index in [-0.39, 0.29) is 22.8 Å². The maximum absolute atomic E-state index is 13.3. The second-order valence-corrected chi connectivity index (χ2v) is 9.67. The average Bonchev–Trinajstić information content (AvgIpc) is 3.16.